The van der Waals surface area contributed by atoms with Crippen LogP contribution in [0.25, 0.3) is 0 Å². The third kappa shape index (κ3) is 4.50. The highest BCUT2D eigenvalue weighted by atomic mass is 32.2. The number of nitrogens with one attached hydrogen (secondary N) is 1. The fraction of sp³-hybridized carbons (Fsp3) is 0.692. The van der Waals surface area contributed by atoms with Gasteiger partial charge in [-0.25, -0.2) is 23.1 Å². The predicted octanol–water partition coefficient (Wildman–Crippen LogP) is 1.55. The Morgan fingerprint density at radius 1 is 1.35 bits per heavy atom. The first-order valence-corrected chi connectivity index (χ1v) is 8.65. The molecule has 1 aromatic heterocycles. The van der Waals surface area contributed by atoms with E-state index in [1.54, 1.807) is 12.4 Å². The molecule has 6 nitrogen and oxygen atoms in total. The first-order valence-electron chi connectivity index (χ1n) is 7.00. The zero-order valence-corrected chi connectivity index (χ0v) is 12.5. The normalized spacial score (nSPS) is 19.9. The maximum atomic E-state index is 11.5. The first-order chi connectivity index (χ1) is 9.61. The maximum absolute atomic E-state index is 11.5. The predicted molar refractivity (Wildman–Crippen MR) is 75.5 cm³/mol. The van der Waals surface area contributed by atoms with Gasteiger partial charge >= 0.3 is 0 Å². The molecule has 0 aliphatic carbocycles. The number of aromatic nitrogens is 2. The van der Waals surface area contributed by atoms with Crippen molar-refractivity contribution in [1.29, 1.82) is 0 Å². The van der Waals surface area contributed by atoms with E-state index >= 15 is 0 Å². The van der Waals surface area contributed by atoms with Gasteiger partial charge in [-0.05, 0) is 25.7 Å². The lowest BCUT2D eigenvalue weighted by atomic mass is 10.1. The summed E-state index contributed by atoms with van der Waals surface area (Å²) in [4.78, 5) is 8.56. The topological polar surface area (TPSA) is 81.2 Å². The van der Waals surface area contributed by atoms with Gasteiger partial charge < -0.3 is 4.74 Å². The van der Waals surface area contributed by atoms with Gasteiger partial charge in [-0.15, -0.1) is 0 Å². The molecule has 1 fully saturated rings. The highest BCUT2D eigenvalue weighted by molar-refractivity contribution is 7.89. The molecular weight excluding hydrogens is 278 g/mol. The second-order valence-corrected chi connectivity index (χ2v) is 6.87. The van der Waals surface area contributed by atoms with Crippen molar-refractivity contribution in [3.05, 3.63) is 23.8 Å². The zero-order valence-electron chi connectivity index (χ0n) is 11.7. The lowest BCUT2D eigenvalue weighted by Gasteiger charge is -2.21. The highest BCUT2D eigenvalue weighted by Crippen LogP contribution is 2.24. The molecule has 0 aromatic carbocycles. The van der Waals surface area contributed by atoms with E-state index in [4.69, 9.17) is 4.74 Å². The van der Waals surface area contributed by atoms with Crippen molar-refractivity contribution in [1.82, 2.24) is 14.7 Å². The summed E-state index contributed by atoms with van der Waals surface area (Å²) in [6.45, 7) is 2.82. The monoisotopic (exact) mass is 299 g/mol. The molecule has 1 atom stereocenters. The molecule has 0 amide bonds. The molecule has 0 bridgehead atoms. The number of hydrogen-bond donors (Lipinski definition) is 1. The molecule has 112 valence electrons. The first kappa shape index (κ1) is 15.3. The van der Waals surface area contributed by atoms with Gasteiger partial charge in [0.2, 0.25) is 10.0 Å². The molecule has 1 aliphatic heterocycles. The number of rotatable bonds is 6. The van der Waals surface area contributed by atoms with Crippen LogP contribution < -0.4 is 4.72 Å². The zero-order chi connectivity index (χ0) is 14.4. The molecular formula is C13H21N3O3S. The van der Waals surface area contributed by atoms with Gasteiger partial charge in [-0.2, -0.15) is 0 Å². The SMILES string of the molecule is CCCS(=O)(=O)NCc1cnc([C@H]2CCCCO2)nc1. The quantitative estimate of drug-likeness (QED) is 0.862. The van der Waals surface area contributed by atoms with Gasteiger partial charge in [0.1, 0.15) is 6.10 Å². The van der Waals surface area contributed by atoms with E-state index in [1.807, 2.05) is 6.92 Å². The van der Waals surface area contributed by atoms with Gasteiger partial charge in [0.15, 0.2) is 5.82 Å². The van der Waals surface area contributed by atoms with Crippen LogP contribution in [-0.2, 0) is 21.3 Å². The molecule has 0 radical (unpaired) electrons. The van der Waals surface area contributed by atoms with Gasteiger partial charge in [-0.1, -0.05) is 6.92 Å². The Balaban J connectivity index is 1.91. The third-order valence-corrected chi connectivity index (χ3v) is 4.69. The Morgan fingerprint density at radius 2 is 2.10 bits per heavy atom. The minimum Gasteiger partial charge on any atom is -0.370 e. The fourth-order valence-corrected chi connectivity index (χ4v) is 3.17. The van der Waals surface area contributed by atoms with Crippen LogP contribution in [0.1, 0.15) is 50.1 Å². The molecule has 7 heteroatoms. The minimum absolute atomic E-state index is 0.0189. The fourth-order valence-electron chi connectivity index (χ4n) is 2.10. The van der Waals surface area contributed by atoms with Crippen molar-refractivity contribution in [3.8, 4) is 0 Å². The lowest BCUT2D eigenvalue weighted by Crippen LogP contribution is -2.25. The van der Waals surface area contributed by atoms with Crippen LogP contribution in [0.2, 0.25) is 0 Å². The van der Waals surface area contributed by atoms with Gasteiger partial charge in [-0.3, -0.25) is 0 Å². The highest BCUT2D eigenvalue weighted by Gasteiger charge is 2.18. The van der Waals surface area contributed by atoms with Gasteiger partial charge in [0.25, 0.3) is 0 Å². The van der Waals surface area contributed by atoms with Crippen molar-refractivity contribution >= 4 is 10.0 Å². The van der Waals surface area contributed by atoms with Crippen LogP contribution in [0.5, 0.6) is 0 Å². The van der Waals surface area contributed by atoms with E-state index in [9.17, 15) is 8.42 Å². The van der Waals surface area contributed by atoms with E-state index in [0.717, 1.165) is 31.4 Å². The summed E-state index contributed by atoms with van der Waals surface area (Å²) in [7, 11) is -3.19. The molecule has 2 heterocycles. The van der Waals surface area contributed by atoms with E-state index in [2.05, 4.69) is 14.7 Å². The average molecular weight is 299 g/mol. The van der Waals surface area contributed by atoms with Crippen LogP contribution >= 0.6 is 0 Å². The molecule has 1 aromatic rings. The van der Waals surface area contributed by atoms with Crippen LogP contribution in [0.15, 0.2) is 12.4 Å². The number of hydrogen-bond acceptors (Lipinski definition) is 5. The summed E-state index contributed by atoms with van der Waals surface area (Å²) in [6.07, 6.45) is 7.07. The molecule has 1 aliphatic rings. The van der Waals surface area contributed by atoms with Gasteiger partial charge in [0, 0.05) is 31.1 Å². The molecule has 0 saturated carbocycles. The van der Waals surface area contributed by atoms with Crippen molar-refractivity contribution < 1.29 is 13.2 Å². The van der Waals surface area contributed by atoms with E-state index in [0.29, 0.717) is 12.2 Å². The summed E-state index contributed by atoms with van der Waals surface area (Å²) in [5.74, 6) is 0.826. The summed E-state index contributed by atoms with van der Waals surface area (Å²) >= 11 is 0. The smallest absolute Gasteiger partial charge is 0.211 e. The number of ether oxygens (including phenoxy) is 1. The van der Waals surface area contributed by atoms with E-state index < -0.39 is 10.0 Å². The van der Waals surface area contributed by atoms with Crippen molar-refractivity contribution in [2.75, 3.05) is 12.4 Å². The lowest BCUT2D eigenvalue weighted by molar-refractivity contribution is 0.00940. The average Bonchev–Trinajstić information content (AvgIpc) is 2.47. The van der Waals surface area contributed by atoms with Crippen molar-refractivity contribution in [2.45, 2.75) is 45.3 Å². The molecule has 20 heavy (non-hydrogen) atoms. The van der Waals surface area contributed by atoms with Crippen LogP contribution in [0.4, 0.5) is 0 Å². The third-order valence-electron chi connectivity index (χ3n) is 3.16. The van der Waals surface area contributed by atoms with Crippen molar-refractivity contribution in [2.24, 2.45) is 0 Å². The summed E-state index contributed by atoms with van der Waals surface area (Å²) in [5, 5.41) is 0. The second kappa shape index (κ2) is 7.10. The number of nitrogens with zero attached hydrogens (tertiary/aromatic N) is 2. The molecule has 0 unspecified atom stereocenters. The maximum Gasteiger partial charge on any atom is 0.211 e. The van der Waals surface area contributed by atoms with Crippen LogP contribution in [-0.4, -0.2) is 30.7 Å². The molecule has 1 N–H and O–H groups in total. The Kier molecular flexibility index (Phi) is 5.45. The molecule has 2 rings (SSSR count). The summed E-state index contributed by atoms with van der Waals surface area (Å²) < 4.78 is 31.2. The van der Waals surface area contributed by atoms with Crippen LogP contribution in [0, 0.1) is 0 Å². The summed E-state index contributed by atoms with van der Waals surface area (Å²) in [5.41, 5.74) is 0.754. The Hall–Kier alpha value is -1.05. The molecule has 1 saturated heterocycles. The number of sulfonamides is 1. The van der Waals surface area contributed by atoms with Crippen molar-refractivity contribution in [3.63, 3.8) is 0 Å². The van der Waals surface area contributed by atoms with Crippen LogP contribution in [0.3, 0.4) is 0 Å². The Morgan fingerprint density at radius 3 is 2.70 bits per heavy atom. The Labute approximate surface area is 120 Å². The summed E-state index contributed by atoms with van der Waals surface area (Å²) in [6, 6.07) is 0. The molecule has 0 spiro atoms. The minimum atomic E-state index is -3.19. The van der Waals surface area contributed by atoms with E-state index in [1.165, 1.54) is 0 Å². The second-order valence-electron chi connectivity index (χ2n) is 4.94. The largest absolute Gasteiger partial charge is 0.370 e. The van der Waals surface area contributed by atoms with E-state index in [-0.39, 0.29) is 18.4 Å². The van der Waals surface area contributed by atoms with Gasteiger partial charge in [0.05, 0.1) is 5.75 Å². The Bertz CT molecular complexity index is 510. The standard InChI is InChI=1S/C13H21N3O3S/c1-2-7-20(17,18)16-10-11-8-14-13(15-9-11)12-5-3-4-6-19-12/h8-9,12,16H,2-7,10H2,1H3/t12-/m1/s1.